The number of carbonyl (C=O) groups excluding carboxylic acids is 1. The number of hydrogen-bond acceptors (Lipinski definition) is 6. The zero-order chi connectivity index (χ0) is 22.6. The lowest BCUT2D eigenvalue weighted by Gasteiger charge is -2.27. The Morgan fingerprint density at radius 2 is 1.88 bits per heavy atom. The van der Waals surface area contributed by atoms with Gasteiger partial charge in [0.25, 0.3) is 0 Å². The van der Waals surface area contributed by atoms with Crippen LogP contribution >= 0.6 is 0 Å². The molecule has 1 saturated heterocycles. The number of nitrogens with one attached hydrogen (secondary N) is 1. The normalized spacial score (nSPS) is 21.5. The van der Waals surface area contributed by atoms with Gasteiger partial charge in [0, 0.05) is 19.7 Å². The summed E-state index contributed by atoms with van der Waals surface area (Å²) in [6, 6.07) is 4.33. The first-order valence-corrected chi connectivity index (χ1v) is 13.1. The fraction of sp³-hybridized carbons (Fsp3) is 0.682. The van der Waals surface area contributed by atoms with Crippen LogP contribution in [0.3, 0.4) is 0 Å². The smallest absolute Gasteiger partial charge is 0.243 e. The van der Waals surface area contributed by atoms with E-state index in [1.165, 1.54) is 23.6 Å². The quantitative estimate of drug-likeness (QED) is 0.676. The molecule has 0 spiro atoms. The minimum atomic E-state index is -3.82. The van der Waals surface area contributed by atoms with Crippen molar-refractivity contribution in [3.05, 3.63) is 18.2 Å². The summed E-state index contributed by atoms with van der Waals surface area (Å²) >= 11 is 0. The molecule has 10 heteroatoms. The molecule has 1 amide bonds. The highest BCUT2D eigenvalue weighted by Gasteiger charge is 2.40. The molecule has 1 N–H and O–H groups in total. The zero-order valence-electron chi connectivity index (χ0n) is 18.7. The molecule has 9 nitrogen and oxygen atoms in total. The topological polar surface area (TPSA) is 106 Å². The van der Waals surface area contributed by atoms with Gasteiger partial charge in [0.15, 0.2) is 0 Å². The SMILES string of the molecule is COCCn1nnc2cc(S(=O)(=O)N3CCC[C@H]3C(=O)NC3CCCCCCC3)ccc21. The second-order valence-electron chi connectivity index (χ2n) is 8.78. The van der Waals surface area contributed by atoms with Crippen LogP contribution in [-0.4, -0.2) is 66.0 Å². The predicted molar refractivity (Wildman–Crippen MR) is 121 cm³/mol. The largest absolute Gasteiger partial charge is 0.383 e. The third kappa shape index (κ3) is 4.97. The molecule has 0 radical (unpaired) electrons. The van der Waals surface area contributed by atoms with Crippen molar-refractivity contribution < 1.29 is 17.9 Å². The van der Waals surface area contributed by atoms with E-state index in [0.717, 1.165) is 31.2 Å². The van der Waals surface area contributed by atoms with Crippen molar-refractivity contribution in [2.45, 2.75) is 81.3 Å². The Balaban J connectivity index is 1.50. The molecule has 2 aliphatic rings. The van der Waals surface area contributed by atoms with Crippen molar-refractivity contribution in [1.82, 2.24) is 24.6 Å². The van der Waals surface area contributed by atoms with E-state index in [9.17, 15) is 13.2 Å². The summed E-state index contributed by atoms with van der Waals surface area (Å²) in [6.07, 6.45) is 9.07. The Bertz CT molecular complexity index is 1030. The number of ether oxygens (including phenoxy) is 1. The summed E-state index contributed by atoms with van der Waals surface area (Å²) in [6.45, 7) is 1.38. The van der Waals surface area contributed by atoms with Crippen LogP contribution in [0.5, 0.6) is 0 Å². The summed E-state index contributed by atoms with van der Waals surface area (Å²) in [7, 11) is -2.20. The van der Waals surface area contributed by atoms with Crippen molar-refractivity contribution in [2.24, 2.45) is 0 Å². The van der Waals surface area contributed by atoms with Crippen molar-refractivity contribution >= 4 is 27.0 Å². The maximum absolute atomic E-state index is 13.4. The number of carbonyl (C=O) groups is 1. The van der Waals surface area contributed by atoms with E-state index in [-0.39, 0.29) is 16.8 Å². The van der Waals surface area contributed by atoms with Crippen LogP contribution in [0.1, 0.15) is 57.8 Å². The van der Waals surface area contributed by atoms with Crippen molar-refractivity contribution in [2.75, 3.05) is 20.3 Å². The van der Waals surface area contributed by atoms with Gasteiger partial charge >= 0.3 is 0 Å². The van der Waals surface area contributed by atoms with Crippen molar-refractivity contribution in [3.63, 3.8) is 0 Å². The summed E-state index contributed by atoms with van der Waals surface area (Å²) in [5, 5.41) is 11.4. The van der Waals surface area contributed by atoms with Gasteiger partial charge in [-0.2, -0.15) is 4.31 Å². The highest BCUT2D eigenvalue weighted by molar-refractivity contribution is 7.89. The number of amides is 1. The summed E-state index contributed by atoms with van der Waals surface area (Å²) in [4.78, 5) is 13.2. The number of sulfonamides is 1. The number of rotatable bonds is 7. The van der Waals surface area contributed by atoms with Crippen LogP contribution in [0, 0.1) is 0 Å². The molecule has 1 aliphatic heterocycles. The molecular formula is C22H33N5O4S. The van der Waals surface area contributed by atoms with E-state index < -0.39 is 16.1 Å². The van der Waals surface area contributed by atoms with E-state index in [1.54, 1.807) is 30.0 Å². The lowest BCUT2D eigenvalue weighted by molar-refractivity contribution is -0.125. The summed E-state index contributed by atoms with van der Waals surface area (Å²) in [5.41, 5.74) is 1.26. The van der Waals surface area contributed by atoms with E-state index in [1.807, 2.05) is 0 Å². The molecule has 2 heterocycles. The van der Waals surface area contributed by atoms with Gasteiger partial charge in [-0.05, 0) is 43.9 Å². The molecule has 32 heavy (non-hydrogen) atoms. The molecule has 2 fully saturated rings. The summed E-state index contributed by atoms with van der Waals surface area (Å²) in [5.74, 6) is -0.164. The number of hydrogen-bond donors (Lipinski definition) is 1. The van der Waals surface area contributed by atoms with Crippen LogP contribution in [0.4, 0.5) is 0 Å². The molecule has 2 aromatic rings. The van der Waals surface area contributed by atoms with Gasteiger partial charge in [-0.25, -0.2) is 13.1 Å². The van der Waals surface area contributed by atoms with Gasteiger partial charge in [-0.15, -0.1) is 5.10 Å². The van der Waals surface area contributed by atoms with Gasteiger partial charge < -0.3 is 10.1 Å². The highest BCUT2D eigenvalue weighted by atomic mass is 32.2. The lowest BCUT2D eigenvalue weighted by Crippen LogP contribution is -2.48. The molecule has 0 bridgehead atoms. The second-order valence-corrected chi connectivity index (χ2v) is 10.7. The first-order chi connectivity index (χ1) is 15.5. The first kappa shape index (κ1) is 23.1. The Labute approximate surface area is 189 Å². The van der Waals surface area contributed by atoms with Gasteiger partial charge in [0.1, 0.15) is 11.6 Å². The third-order valence-corrected chi connectivity index (χ3v) is 8.46. The molecule has 4 rings (SSSR count). The standard InChI is InChI=1S/C22H33N5O4S/c1-31-15-14-26-20-12-11-18(16-19(20)24-25-26)32(29,30)27-13-7-10-21(27)22(28)23-17-8-5-3-2-4-6-9-17/h11-12,16-17,21H,2-10,13-15H2,1H3,(H,23,28)/t21-/m0/s1. The summed E-state index contributed by atoms with van der Waals surface area (Å²) < 4.78 is 35.0. The van der Waals surface area contributed by atoms with Crippen molar-refractivity contribution in [3.8, 4) is 0 Å². The van der Waals surface area contributed by atoms with Gasteiger partial charge in [0.05, 0.1) is 23.6 Å². The van der Waals surface area contributed by atoms with Crippen LogP contribution in [-0.2, 0) is 26.1 Å². The van der Waals surface area contributed by atoms with Crippen LogP contribution in [0.15, 0.2) is 23.1 Å². The maximum atomic E-state index is 13.4. The molecule has 176 valence electrons. The molecule has 1 aliphatic carbocycles. The average molecular weight is 464 g/mol. The van der Waals surface area contributed by atoms with Crippen LogP contribution in [0.2, 0.25) is 0 Å². The minimum Gasteiger partial charge on any atom is -0.383 e. The number of methoxy groups -OCH3 is 1. The monoisotopic (exact) mass is 463 g/mol. The van der Waals surface area contributed by atoms with Gasteiger partial charge in [-0.1, -0.05) is 37.3 Å². The first-order valence-electron chi connectivity index (χ1n) is 11.6. The number of nitrogens with zero attached hydrogens (tertiary/aromatic N) is 4. The predicted octanol–water partition coefficient (Wildman–Crippen LogP) is 2.46. The lowest BCUT2D eigenvalue weighted by atomic mass is 9.96. The number of aromatic nitrogens is 3. The Morgan fingerprint density at radius 1 is 1.12 bits per heavy atom. The molecule has 1 aromatic heterocycles. The van der Waals surface area contributed by atoms with E-state index in [0.29, 0.717) is 38.1 Å². The molecular weight excluding hydrogens is 430 g/mol. The number of fused-ring (bicyclic) bond motifs is 1. The number of benzene rings is 1. The maximum Gasteiger partial charge on any atom is 0.243 e. The van der Waals surface area contributed by atoms with Crippen LogP contribution < -0.4 is 5.32 Å². The molecule has 1 saturated carbocycles. The van der Waals surface area contributed by atoms with Crippen molar-refractivity contribution in [1.29, 1.82) is 0 Å². The average Bonchev–Trinajstić information content (AvgIpc) is 3.41. The fourth-order valence-electron chi connectivity index (χ4n) is 4.78. The van der Waals surface area contributed by atoms with Crippen LogP contribution in [0.25, 0.3) is 11.0 Å². The van der Waals surface area contributed by atoms with E-state index in [2.05, 4.69) is 15.6 Å². The zero-order valence-corrected chi connectivity index (χ0v) is 19.5. The highest BCUT2D eigenvalue weighted by Crippen LogP contribution is 2.28. The van der Waals surface area contributed by atoms with Gasteiger partial charge in [0.2, 0.25) is 15.9 Å². The van der Waals surface area contributed by atoms with E-state index >= 15 is 0 Å². The minimum absolute atomic E-state index is 0.145. The molecule has 1 atom stereocenters. The fourth-order valence-corrected chi connectivity index (χ4v) is 6.46. The Hall–Kier alpha value is -2.04. The molecule has 1 aromatic carbocycles. The second kappa shape index (κ2) is 10.3. The van der Waals surface area contributed by atoms with E-state index in [4.69, 9.17) is 4.74 Å². The Morgan fingerprint density at radius 3 is 2.62 bits per heavy atom. The Kier molecular flexibility index (Phi) is 7.42. The molecule has 0 unspecified atom stereocenters. The third-order valence-electron chi connectivity index (χ3n) is 6.56. The van der Waals surface area contributed by atoms with Gasteiger partial charge in [-0.3, -0.25) is 4.79 Å².